The number of nitrogens with zero attached hydrogens (tertiary/aromatic N) is 3. The van der Waals surface area contributed by atoms with Gasteiger partial charge in [0.25, 0.3) is 0 Å². The van der Waals surface area contributed by atoms with Crippen LogP contribution in [0.15, 0.2) is 60.3 Å². The third-order valence-corrected chi connectivity index (χ3v) is 5.45. The van der Waals surface area contributed by atoms with Crippen LogP contribution in [0.25, 0.3) is 11.5 Å². The predicted molar refractivity (Wildman–Crippen MR) is 116 cm³/mol. The van der Waals surface area contributed by atoms with Gasteiger partial charge < -0.3 is 14.5 Å². The van der Waals surface area contributed by atoms with E-state index in [1.807, 2.05) is 6.08 Å². The molecule has 33 heavy (non-hydrogen) atoms. The van der Waals surface area contributed by atoms with Gasteiger partial charge in [-0.1, -0.05) is 29.3 Å². The summed E-state index contributed by atoms with van der Waals surface area (Å²) in [5.41, 5.74) is 0.821. The van der Waals surface area contributed by atoms with Crippen molar-refractivity contribution in [1.29, 1.82) is 0 Å². The molecule has 172 valence electrons. The zero-order valence-corrected chi connectivity index (χ0v) is 18.7. The first kappa shape index (κ1) is 23.1. The van der Waals surface area contributed by atoms with Crippen molar-refractivity contribution in [2.75, 3.05) is 7.11 Å². The Balaban J connectivity index is 1.46. The van der Waals surface area contributed by atoms with Gasteiger partial charge in [0.2, 0.25) is 0 Å². The number of H-pyrrole nitrogens is 1. The highest BCUT2D eigenvalue weighted by molar-refractivity contribution is 6.30. The number of aromatic amines is 1. The Labute approximate surface area is 197 Å². The van der Waals surface area contributed by atoms with Crippen molar-refractivity contribution in [3.05, 3.63) is 87.5 Å². The van der Waals surface area contributed by atoms with Crippen molar-refractivity contribution in [3.63, 3.8) is 0 Å². The van der Waals surface area contributed by atoms with E-state index in [0.717, 1.165) is 12.3 Å². The van der Waals surface area contributed by atoms with E-state index in [1.54, 1.807) is 18.2 Å². The largest absolute Gasteiger partial charge is 0.500 e. The fraction of sp³-hybridized carbons (Fsp3) is 0.227. The fourth-order valence-electron chi connectivity index (χ4n) is 3.29. The maximum Gasteiger partial charge on any atom is 0.433 e. The number of hydrogen-bond acceptors (Lipinski definition) is 5. The van der Waals surface area contributed by atoms with Crippen molar-refractivity contribution >= 4 is 23.2 Å². The van der Waals surface area contributed by atoms with Crippen LogP contribution in [0.3, 0.4) is 0 Å². The van der Waals surface area contributed by atoms with Crippen LogP contribution in [0.5, 0.6) is 0 Å². The molecule has 0 saturated carbocycles. The third kappa shape index (κ3) is 5.31. The minimum atomic E-state index is -4.48. The molecule has 1 aliphatic rings. The average molecular weight is 497 g/mol. The zero-order valence-electron chi connectivity index (χ0n) is 17.2. The Hall–Kier alpha value is -3.04. The molecule has 1 unspecified atom stereocenters. The summed E-state index contributed by atoms with van der Waals surface area (Å²) >= 11 is 12.3. The molecule has 0 aliphatic heterocycles. The van der Waals surface area contributed by atoms with Crippen molar-refractivity contribution in [1.82, 2.24) is 19.9 Å². The first-order valence-electron chi connectivity index (χ1n) is 9.72. The topological polar surface area (TPSA) is 72.9 Å². The highest BCUT2D eigenvalue weighted by Gasteiger charge is 2.32. The number of nitrogens with one attached hydrogen (secondary N) is 1. The molecule has 4 rings (SSSR count). The number of ether oxygens (including phenoxy) is 2. The molecular formula is C22H17Cl2F3N4O2. The summed E-state index contributed by atoms with van der Waals surface area (Å²) in [4.78, 5) is 15.2. The van der Waals surface area contributed by atoms with Gasteiger partial charge in [0.15, 0.2) is 11.0 Å². The van der Waals surface area contributed by atoms with Crippen LogP contribution >= 0.6 is 23.2 Å². The number of methoxy groups -OCH3 is 1. The van der Waals surface area contributed by atoms with E-state index in [0.29, 0.717) is 50.9 Å². The van der Waals surface area contributed by atoms with E-state index >= 15 is 0 Å². The lowest BCUT2D eigenvalue weighted by Crippen LogP contribution is -2.11. The molecule has 0 saturated heterocycles. The molecule has 3 aromatic heterocycles. The molecule has 0 spiro atoms. The average Bonchev–Trinajstić information content (AvgIpc) is 3.19. The second kappa shape index (κ2) is 9.44. The third-order valence-electron chi connectivity index (χ3n) is 4.94. The summed E-state index contributed by atoms with van der Waals surface area (Å²) in [5, 5.41) is 0.807. The van der Waals surface area contributed by atoms with Gasteiger partial charge in [-0.3, -0.25) is 9.97 Å². The van der Waals surface area contributed by atoms with Crippen molar-refractivity contribution in [3.8, 4) is 11.5 Å². The molecular weight excluding hydrogens is 480 g/mol. The normalized spacial score (nSPS) is 16.2. The smallest absolute Gasteiger partial charge is 0.433 e. The van der Waals surface area contributed by atoms with Gasteiger partial charge in [-0.2, -0.15) is 13.2 Å². The Morgan fingerprint density at radius 3 is 2.58 bits per heavy atom. The Morgan fingerprint density at radius 1 is 1.12 bits per heavy atom. The Kier molecular flexibility index (Phi) is 6.62. The lowest BCUT2D eigenvalue weighted by molar-refractivity contribution is -0.141. The molecule has 3 heterocycles. The highest BCUT2D eigenvalue weighted by atomic mass is 35.5. The molecule has 1 aliphatic carbocycles. The van der Waals surface area contributed by atoms with E-state index in [-0.39, 0.29) is 12.5 Å². The van der Waals surface area contributed by atoms with Crippen molar-refractivity contribution in [2.24, 2.45) is 0 Å². The number of alkyl halides is 3. The van der Waals surface area contributed by atoms with E-state index in [2.05, 4.69) is 19.9 Å². The number of pyridine rings is 2. The van der Waals surface area contributed by atoms with Crippen LogP contribution < -0.4 is 0 Å². The standard InChI is InChI=1S/C22H17Cl2F3N4O2/c1-32-17-8-14(33-11-12-2-7-18(29-9-12)22(25,26)27)4-5-15(17)19-20(24)31-21(30-19)16-6-3-13(23)10-28-16/h2-4,6-10,15H,5,11H2,1H3,(H,30,31). The Bertz CT molecular complexity index is 1190. The quantitative estimate of drug-likeness (QED) is 0.432. The van der Waals surface area contributed by atoms with Gasteiger partial charge in [-0.15, -0.1) is 0 Å². The van der Waals surface area contributed by atoms with E-state index in [4.69, 9.17) is 32.7 Å². The molecule has 0 bridgehead atoms. The van der Waals surface area contributed by atoms with Crippen LogP contribution in [0.4, 0.5) is 13.2 Å². The second-order valence-corrected chi connectivity index (χ2v) is 7.93. The molecule has 1 atom stereocenters. The van der Waals surface area contributed by atoms with E-state index < -0.39 is 11.9 Å². The molecule has 11 heteroatoms. The zero-order chi connectivity index (χ0) is 23.6. The minimum Gasteiger partial charge on any atom is -0.500 e. The lowest BCUT2D eigenvalue weighted by atomic mass is 9.94. The summed E-state index contributed by atoms with van der Waals surface area (Å²) < 4.78 is 49.2. The number of halogens is 5. The van der Waals surface area contributed by atoms with Gasteiger partial charge >= 0.3 is 6.18 Å². The Morgan fingerprint density at radius 2 is 1.94 bits per heavy atom. The summed E-state index contributed by atoms with van der Waals surface area (Å²) in [7, 11) is 1.54. The van der Waals surface area contributed by atoms with E-state index in [9.17, 15) is 13.2 Å². The van der Waals surface area contributed by atoms with Gasteiger partial charge in [-0.25, -0.2) is 4.98 Å². The molecule has 0 fully saturated rings. The van der Waals surface area contributed by atoms with Crippen LogP contribution in [0.2, 0.25) is 10.2 Å². The monoisotopic (exact) mass is 496 g/mol. The first-order chi connectivity index (χ1) is 15.7. The van der Waals surface area contributed by atoms with Crippen LogP contribution in [0, 0.1) is 0 Å². The first-order valence-corrected chi connectivity index (χ1v) is 10.5. The molecule has 0 amide bonds. The summed E-state index contributed by atoms with van der Waals surface area (Å²) in [6, 6.07) is 5.70. The fourth-order valence-corrected chi connectivity index (χ4v) is 3.66. The summed E-state index contributed by atoms with van der Waals surface area (Å²) in [5.74, 6) is 1.40. The van der Waals surface area contributed by atoms with Gasteiger partial charge in [0, 0.05) is 24.0 Å². The molecule has 1 N–H and O–H groups in total. The number of rotatable bonds is 6. The van der Waals surface area contributed by atoms with Crippen LogP contribution in [-0.4, -0.2) is 27.0 Å². The van der Waals surface area contributed by atoms with Crippen molar-refractivity contribution < 1.29 is 22.6 Å². The van der Waals surface area contributed by atoms with E-state index in [1.165, 1.54) is 19.4 Å². The summed E-state index contributed by atoms with van der Waals surface area (Å²) in [6.07, 6.45) is 2.26. The predicted octanol–water partition coefficient (Wildman–Crippen LogP) is 6.31. The highest BCUT2D eigenvalue weighted by Crippen LogP contribution is 2.37. The molecule has 0 radical (unpaired) electrons. The minimum absolute atomic E-state index is 0.0618. The van der Waals surface area contributed by atoms with Crippen LogP contribution in [-0.2, 0) is 22.3 Å². The van der Waals surface area contributed by atoms with Gasteiger partial charge in [-0.05, 0) is 30.7 Å². The number of aromatic nitrogens is 4. The second-order valence-electron chi connectivity index (χ2n) is 7.14. The number of imidazole rings is 1. The van der Waals surface area contributed by atoms with Gasteiger partial charge in [0.1, 0.15) is 29.5 Å². The molecule has 6 nitrogen and oxygen atoms in total. The maximum atomic E-state index is 12.6. The number of hydrogen-bond donors (Lipinski definition) is 1. The molecule has 0 aromatic carbocycles. The maximum absolute atomic E-state index is 12.6. The summed E-state index contributed by atoms with van der Waals surface area (Å²) in [6.45, 7) is 0.0618. The van der Waals surface area contributed by atoms with Gasteiger partial charge in [0.05, 0.1) is 23.7 Å². The number of allylic oxidation sites excluding steroid dienone is 3. The lowest BCUT2D eigenvalue weighted by Gasteiger charge is -2.22. The van der Waals surface area contributed by atoms with Crippen LogP contribution in [0.1, 0.15) is 29.3 Å². The molecule has 3 aromatic rings. The van der Waals surface area contributed by atoms with Crippen molar-refractivity contribution in [2.45, 2.75) is 25.1 Å². The SMILES string of the molecule is COC1=CC(OCc2ccc(C(F)(F)F)nc2)=CCC1c1[nH]c(-c2ccc(Cl)cn2)nc1Cl.